The van der Waals surface area contributed by atoms with E-state index in [1.807, 2.05) is 0 Å². The Morgan fingerprint density at radius 1 is 0.818 bits per heavy atom. The molecule has 110 valence electrons. The van der Waals surface area contributed by atoms with Gasteiger partial charge < -0.3 is 15.7 Å². The Hall–Kier alpha value is -2.52. The lowest BCUT2D eigenvalue weighted by Crippen LogP contribution is -2.14. The summed E-state index contributed by atoms with van der Waals surface area (Å²) in [6.07, 6.45) is 5.17. The fourth-order valence-electron chi connectivity index (χ4n) is 3.32. The van der Waals surface area contributed by atoms with Crippen LogP contribution in [0.15, 0.2) is 60.9 Å². The second kappa shape index (κ2) is 5.35. The molecule has 0 fully saturated rings. The highest BCUT2D eigenvalue weighted by molar-refractivity contribution is 5.85. The van der Waals surface area contributed by atoms with Crippen molar-refractivity contribution in [2.24, 2.45) is 5.73 Å². The van der Waals surface area contributed by atoms with Crippen molar-refractivity contribution >= 4 is 21.8 Å². The standard InChI is InChI=1S/C19H19N3/c20-10-13(17-12-22-19-8-4-2-6-16(17)19)9-14-11-21-18-7-3-1-5-15(14)18/h1-8,11-13,21-22H,9-10,20H2. The van der Waals surface area contributed by atoms with Gasteiger partial charge in [-0.2, -0.15) is 0 Å². The third kappa shape index (κ3) is 2.11. The van der Waals surface area contributed by atoms with E-state index < -0.39 is 0 Å². The molecule has 3 heteroatoms. The molecule has 3 nitrogen and oxygen atoms in total. The van der Waals surface area contributed by atoms with Gasteiger partial charge in [-0.3, -0.25) is 0 Å². The smallest absolute Gasteiger partial charge is 0.0456 e. The lowest BCUT2D eigenvalue weighted by atomic mass is 9.91. The minimum absolute atomic E-state index is 0.315. The van der Waals surface area contributed by atoms with E-state index >= 15 is 0 Å². The van der Waals surface area contributed by atoms with Gasteiger partial charge >= 0.3 is 0 Å². The summed E-state index contributed by atoms with van der Waals surface area (Å²) in [6.45, 7) is 0.640. The molecule has 4 rings (SSSR count). The molecule has 0 aliphatic carbocycles. The maximum Gasteiger partial charge on any atom is 0.0456 e. The minimum atomic E-state index is 0.315. The minimum Gasteiger partial charge on any atom is -0.361 e. The van der Waals surface area contributed by atoms with Gasteiger partial charge in [0.15, 0.2) is 0 Å². The largest absolute Gasteiger partial charge is 0.361 e. The number of H-pyrrole nitrogens is 2. The normalized spacial score (nSPS) is 13.0. The molecule has 0 saturated heterocycles. The summed E-state index contributed by atoms with van der Waals surface area (Å²) in [4.78, 5) is 6.71. The van der Waals surface area contributed by atoms with E-state index in [-0.39, 0.29) is 0 Å². The molecular weight excluding hydrogens is 270 g/mol. The van der Waals surface area contributed by atoms with Crippen LogP contribution in [0.3, 0.4) is 0 Å². The highest BCUT2D eigenvalue weighted by Crippen LogP contribution is 2.29. The van der Waals surface area contributed by atoms with Crippen molar-refractivity contribution in [2.45, 2.75) is 12.3 Å². The van der Waals surface area contributed by atoms with Crippen LogP contribution >= 0.6 is 0 Å². The molecule has 0 saturated carbocycles. The quantitative estimate of drug-likeness (QED) is 0.524. The van der Waals surface area contributed by atoms with Crippen molar-refractivity contribution in [2.75, 3.05) is 6.54 Å². The number of nitrogens with one attached hydrogen (secondary N) is 2. The molecule has 2 aromatic carbocycles. The topological polar surface area (TPSA) is 57.6 Å². The summed E-state index contributed by atoms with van der Waals surface area (Å²) >= 11 is 0. The number of nitrogens with two attached hydrogens (primary N) is 1. The van der Waals surface area contributed by atoms with Crippen molar-refractivity contribution in [1.82, 2.24) is 9.97 Å². The molecule has 0 amide bonds. The zero-order valence-corrected chi connectivity index (χ0v) is 12.3. The zero-order chi connectivity index (χ0) is 14.9. The summed E-state index contributed by atoms with van der Waals surface area (Å²) in [6, 6.07) is 16.8. The second-order valence-corrected chi connectivity index (χ2v) is 5.79. The van der Waals surface area contributed by atoms with Gasteiger partial charge in [-0.25, -0.2) is 0 Å². The molecule has 4 N–H and O–H groups in total. The number of rotatable bonds is 4. The molecule has 1 unspecified atom stereocenters. The van der Waals surface area contributed by atoms with Gasteiger partial charge in [-0.15, -0.1) is 0 Å². The van der Waals surface area contributed by atoms with Gasteiger partial charge in [0.25, 0.3) is 0 Å². The van der Waals surface area contributed by atoms with Crippen LogP contribution in [0.1, 0.15) is 17.0 Å². The maximum atomic E-state index is 6.09. The Morgan fingerprint density at radius 2 is 1.45 bits per heavy atom. The van der Waals surface area contributed by atoms with Crippen molar-refractivity contribution < 1.29 is 0 Å². The number of hydrogen-bond donors (Lipinski definition) is 3. The van der Waals surface area contributed by atoms with Crippen molar-refractivity contribution in [3.05, 3.63) is 72.1 Å². The van der Waals surface area contributed by atoms with E-state index in [1.165, 1.54) is 32.9 Å². The Labute approximate surface area is 129 Å². The first-order valence-electron chi connectivity index (χ1n) is 7.68. The number of aromatic amines is 2. The average molecular weight is 289 g/mol. The summed E-state index contributed by atoms with van der Waals surface area (Å²) in [7, 11) is 0. The van der Waals surface area contributed by atoms with Crippen LogP contribution in [0.25, 0.3) is 21.8 Å². The highest BCUT2D eigenvalue weighted by atomic mass is 14.7. The first-order valence-corrected chi connectivity index (χ1v) is 7.68. The molecule has 0 aliphatic rings. The molecular formula is C19H19N3. The van der Waals surface area contributed by atoms with Crippen molar-refractivity contribution in [1.29, 1.82) is 0 Å². The Balaban J connectivity index is 1.73. The van der Waals surface area contributed by atoms with Crippen molar-refractivity contribution in [3.8, 4) is 0 Å². The first kappa shape index (κ1) is 13.2. The third-order valence-corrected chi connectivity index (χ3v) is 4.49. The molecule has 1 atom stereocenters. The van der Waals surface area contributed by atoms with Gasteiger partial charge in [0.1, 0.15) is 0 Å². The maximum absolute atomic E-state index is 6.09. The molecule has 4 aromatic rings. The molecule has 22 heavy (non-hydrogen) atoms. The van der Waals surface area contributed by atoms with Crippen molar-refractivity contribution in [3.63, 3.8) is 0 Å². The summed E-state index contributed by atoms with van der Waals surface area (Å²) in [5.74, 6) is 0.315. The van der Waals surface area contributed by atoms with Gasteiger partial charge in [0.05, 0.1) is 0 Å². The lowest BCUT2D eigenvalue weighted by molar-refractivity contribution is 0.702. The number of benzene rings is 2. The van der Waals surface area contributed by atoms with Gasteiger partial charge in [0, 0.05) is 40.1 Å². The third-order valence-electron chi connectivity index (χ3n) is 4.49. The molecule has 0 spiro atoms. The van der Waals surface area contributed by atoms with Crippen LogP contribution in [-0.4, -0.2) is 16.5 Å². The Morgan fingerprint density at radius 3 is 2.23 bits per heavy atom. The molecule has 0 radical (unpaired) electrons. The SMILES string of the molecule is NCC(Cc1c[nH]c2ccccc12)c1c[nH]c2ccccc12. The monoisotopic (exact) mass is 289 g/mol. The van der Waals surface area contributed by atoms with E-state index in [9.17, 15) is 0 Å². The van der Waals surface area contributed by atoms with Crippen LogP contribution in [0.4, 0.5) is 0 Å². The van der Waals surface area contributed by atoms with E-state index in [1.54, 1.807) is 0 Å². The summed E-state index contributed by atoms with van der Waals surface area (Å²) in [5, 5.41) is 2.57. The Bertz CT molecular complexity index is 916. The van der Waals surface area contributed by atoms with Crippen LogP contribution in [0.5, 0.6) is 0 Å². The average Bonchev–Trinajstić information content (AvgIpc) is 3.17. The van der Waals surface area contributed by atoms with E-state index in [0.717, 1.165) is 6.42 Å². The van der Waals surface area contributed by atoms with Crippen LogP contribution in [0.2, 0.25) is 0 Å². The van der Waals surface area contributed by atoms with Crippen LogP contribution < -0.4 is 5.73 Å². The van der Waals surface area contributed by atoms with E-state index in [2.05, 4.69) is 70.9 Å². The number of para-hydroxylation sites is 2. The second-order valence-electron chi connectivity index (χ2n) is 5.79. The van der Waals surface area contributed by atoms with Crippen LogP contribution in [0, 0.1) is 0 Å². The highest BCUT2D eigenvalue weighted by Gasteiger charge is 2.16. The van der Waals surface area contributed by atoms with Crippen LogP contribution in [-0.2, 0) is 6.42 Å². The molecule has 2 aromatic heterocycles. The van der Waals surface area contributed by atoms with Gasteiger partial charge in [-0.05, 0) is 36.2 Å². The van der Waals surface area contributed by atoms with E-state index in [4.69, 9.17) is 5.73 Å². The number of fused-ring (bicyclic) bond motifs is 2. The zero-order valence-electron chi connectivity index (χ0n) is 12.3. The summed E-state index contributed by atoms with van der Waals surface area (Å²) in [5.41, 5.74) is 11.1. The number of hydrogen-bond acceptors (Lipinski definition) is 1. The van der Waals surface area contributed by atoms with E-state index in [0.29, 0.717) is 12.5 Å². The van der Waals surface area contributed by atoms with Gasteiger partial charge in [0.2, 0.25) is 0 Å². The molecule has 2 heterocycles. The predicted octanol–water partition coefficient (Wildman–Crippen LogP) is 3.93. The Kier molecular flexibility index (Phi) is 3.20. The van der Waals surface area contributed by atoms with Gasteiger partial charge in [-0.1, -0.05) is 36.4 Å². The first-order chi connectivity index (χ1) is 10.9. The lowest BCUT2D eigenvalue weighted by Gasteiger charge is -2.14. The molecule has 0 aliphatic heterocycles. The predicted molar refractivity (Wildman–Crippen MR) is 92.1 cm³/mol. The summed E-state index contributed by atoms with van der Waals surface area (Å²) < 4.78 is 0. The number of aromatic nitrogens is 2. The fourth-order valence-corrected chi connectivity index (χ4v) is 3.32. The fraction of sp³-hybridized carbons (Fsp3) is 0.158. The molecule has 0 bridgehead atoms.